The average molecular weight is 258 g/mol. The van der Waals surface area contributed by atoms with Gasteiger partial charge in [0.15, 0.2) is 0 Å². The van der Waals surface area contributed by atoms with Crippen LogP contribution in [-0.4, -0.2) is 9.55 Å². The molecule has 1 aromatic heterocycles. The summed E-state index contributed by atoms with van der Waals surface area (Å²) in [4.78, 5) is 4.48. The summed E-state index contributed by atoms with van der Waals surface area (Å²) in [6, 6.07) is 5.50. The Bertz CT molecular complexity index is 599. The van der Waals surface area contributed by atoms with Crippen molar-refractivity contribution in [2.24, 2.45) is 0 Å². The highest BCUT2D eigenvalue weighted by Gasteiger charge is 2.16. The van der Waals surface area contributed by atoms with Gasteiger partial charge in [-0.2, -0.15) is 0 Å². The second-order valence-electron chi connectivity index (χ2n) is 5.57. The van der Waals surface area contributed by atoms with Gasteiger partial charge in [-0.1, -0.05) is 26.0 Å². The van der Waals surface area contributed by atoms with E-state index in [0.29, 0.717) is 0 Å². The molecule has 3 rings (SSSR count). The quantitative estimate of drug-likeness (QED) is 0.791. The number of halogens is 1. The van der Waals surface area contributed by atoms with Crippen LogP contribution in [0.3, 0.4) is 0 Å². The minimum absolute atomic E-state index is 0.124. The van der Waals surface area contributed by atoms with E-state index in [4.69, 9.17) is 0 Å². The zero-order valence-corrected chi connectivity index (χ0v) is 11.5. The summed E-state index contributed by atoms with van der Waals surface area (Å²) in [6.45, 7) is 5.02. The molecule has 0 N–H and O–H groups in total. The molecule has 1 aromatic carbocycles. The maximum absolute atomic E-state index is 14.1. The lowest BCUT2D eigenvalue weighted by Crippen LogP contribution is -2.10. The Labute approximate surface area is 113 Å². The second-order valence-corrected chi connectivity index (χ2v) is 5.57. The highest BCUT2D eigenvalue weighted by molar-refractivity contribution is 5.57. The van der Waals surface area contributed by atoms with Crippen molar-refractivity contribution >= 4 is 0 Å². The largest absolute Gasteiger partial charge is 0.328 e. The van der Waals surface area contributed by atoms with Gasteiger partial charge in [0.1, 0.15) is 11.6 Å². The van der Waals surface area contributed by atoms with Crippen LogP contribution in [0.15, 0.2) is 24.4 Å². The molecule has 0 atom stereocenters. The van der Waals surface area contributed by atoms with Gasteiger partial charge >= 0.3 is 0 Å². The third-order valence-electron chi connectivity index (χ3n) is 3.88. The number of nitrogens with zero attached hydrogens (tertiary/aromatic N) is 2. The first kappa shape index (κ1) is 12.4. The van der Waals surface area contributed by atoms with Crippen molar-refractivity contribution in [2.45, 2.75) is 45.6 Å². The number of aromatic nitrogens is 2. The lowest BCUT2D eigenvalue weighted by atomic mass is 10.0. The van der Waals surface area contributed by atoms with Crippen LogP contribution in [0.25, 0.3) is 11.4 Å². The van der Waals surface area contributed by atoms with Crippen LogP contribution in [-0.2, 0) is 13.0 Å². The lowest BCUT2D eigenvalue weighted by molar-refractivity contribution is 0.536. The fraction of sp³-hybridized carbons (Fsp3) is 0.438. The molecule has 0 bridgehead atoms. The first-order chi connectivity index (χ1) is 9.16. The molecule has 0 spiro atoms. The van der Waals surface area contributed by atoms with Gasteiger partial charge in [0, 0.05) is 24.0 Å². The van der Waals surface area contributed by atoms with Gasteiger partial charge in [-0.3, -0.25) is 0 Å². The van der Waals surface area contributed by atoms with Gasteiger partial charge in [-0.25, -0.2) is 9.37 Å². The Hall–Kier alpha value is -1.64. The summed E-state index contributed by atoms with van der Waals surface area (Å²) < 4.78 is 16.3. The number of aryl methyl sites for hydroxylation is 1. The van der Waals surface area contributed by atoms with E-state index in [1.807, 2.05) is 32.2 Å². The van der Waals surface area contributed by atoms with Crippen LogP contribution >= 0.6 is 0 Å². The van der Waals surface area contributed by atoms with Gasteiger partial charge in [0.25, 0.3) is 0 Å². The minimum atomic E-state index is -0.124. The first-order valence-electron chi connectivity index (χ1n) is 7.01. The molecule has 2 heterocycles. The van der Waals surface area contributed by atoms with Crippen molar-refractivity contribution in [1.29, 1.82) is 0 Å². The second kappa shape index (κ2) is 4.80. The molecule has 3 heteroatoms. The van der Waals surface area contributed by atoms with Crippen molar-refractivity contribution in [2.75, 3.05) is 0 Å². The van der Waals surface area contributed by atoms with Gasteiger partial charge in [0.05, 0.1) is 0 Å². The van der Waals surface area contributed by atoms with Crippen molar-refractivity contribution in [3.63, 3.8) is 0 Å². The molecule has 0 aliphatic carbocycles. The number of imidazole rings is 1. The van der Waals surface area contributed by atoms with Crippen LogP contribution in [0.5, 0.6) is 0 Å². The monoisotopic (exact) mass is 258 g/mol. The van der Waals surface area contributed by atoms with E-state index < -0.39 is 0 Å². The summed E-state index contributed by atoms with van der Waals surface area (Å²) in [5, 5.41) is 0. The zero-order valence-electron chi connectivity index (χ0n) is 11.5. The predicted molar refractivity (Wildman–Crippen MR) is 74.6 cm³/mol. The van der Waals surface area contributed by atoms with Crippen LogP contribution in [0.1, 0.15) is 43.9 Å². The summed E-state index contributed by atoms with van der Waals surface area (Å²) in [5.41, 5.74) is 2.93. The lowest BCUT2D eigenvalue weighted by Gasteiger charge is -2.17. The fourth-order valence-corrected chi connectivity index (χ4v) is 2.80. The smallest absolute Gasteiger partial charge is 0.140 e. The molecule has 0 radical (unpaired) electrons. The maximum Gasteiger partial charge on any atom is 0.140 e. The molecule has 100 valence electrons. The summed E-state index contributed by atoms with van der Waals surface area (Å²) >= 11 is 0. The van der Waals surface area contributed by atoms with E-state index >= 15 is 0 Å². The molecule has 0 fully saturated rings. The van der Waals surface area contributed by atoms with E-state index in [9.17, 15) is 4.39 Å². The van der Waals surface area contributed by atoms with Gasteiger partial charge in [-0.15, -0.1) is 0 Å². The molecule has 0 amide bonds. The van der Waals surface area contributed by atoms with Crippen LogP contribution in [0.2, 0.25) is 0 Å². The Kier molecular flexibility index (Phi) is 3.13. The molecule has 1 aliphatic rings. The number of benzene rings is 1. The number of rotatable bonds is 2. The van der Waals surface area contributed by atoms with Crippen LogP contribution in [0.4, 0.5) is 4.39 Å². The van der Waals surface area contributed by atoms with Gasteiger partial charge in [0.2, 0.25) is 0 Å². The van der Waals surface area contributed by atoms with Crippen molar-refractivity contribution < 1.29 is 4.39 Å². The van der Waals surface area contributed by atoms with Crippen molar-refractivity contribution in [3.05, 3.63) is 41.5 Å². The summed E-state index contributed by atoms with van der Waals surface area (Å²) in [5.74, 6) is 0.993. The Morgan fingerprint density at radius 2 is 2.11 bits per heavy atom. The highest BCUT2D eigenvalue weighted by Crippen LogP contribution is 2.27. The number of fused-ring (bicyclic) bond motifs is 1. The van der Waals surface area contributed by atoms with Crippen molar-refractivity contribution in [1.82, 2.24) is 9.55 Å². The van der Waals surface area contributed by atoms with E-state index in [2.05, 4.69) is 9.55 Å². The third kappa shape index (κ3) is 2.18. The fourth-order valence-electron chi connectivity index (χ4n) is 2.80. The van der Waals surface area contributed by atoms with Crippen LogP contribution in [0, 0.1) is 5.82 Å². The predicted octanol–water partition coefficient (Wildman–Crippen LogP) is 4.15. The molecular formula is C16H19FN2. The molecule has 0 unspecified atom stereocenters. The molecule has 0 saturated heterocycles. The number of hydrogen-bond donors (Lipinski definition) is 0. The highest BCUT2D eigenvalue weighted by atomic mass is 19.1. The van der Waals surface area contributed by atoms with Crippen molar-refractivity contribution in [3.8, 4) is 11.4 Å². The Morgan fingerprint density at radius 1 is 1.26 bits per heavy atom. The first-order valence-corrected chi connectivity index (χ1v) is 7.01. The average Bonchev–Trinajstić information content (AvgIpc) is 2.82. The molecule has 19 heavy (non-hydrogen) atoms. The Morgan fingerprint density at radius 3 is 2.84 bits per heavy atom. The third-order valence-corrected chi connectivity index (χ3v) is 3.88. The van der Waals surface area contributed by atoms with E-state index in [1.165, 1.54) is 18.5 Å². The molecule has 0 saturated carbocycles. The van der Waals surface area contributed by atoms with E-state index in [1.54, 1.807) is 6.07 Å². The maximum atomic E-state index is 14.1. The molecule has 2 nitrogen and oxygen atoms in total. The summed E-state index contributed by atoms with van der Waals surface area (Å²) in [7, 11) is 0. The van der Waals surface area contributed by atoms with E-state index in [-0.39, 0.29) is 11.7 Å². The van der Waals surface area contributed by atoms with Crippen LogP contribution < -0.4 is 0 Å². The SMILES string of the molecule is CC(C)c1ccc(-c2ncc3n2CCCC3)cc1F. The normalized spacial score (nSPS) is 14.7. The molecule has 2 aromatic rings. The topological polar surface area (TPSA) is 17.8 Å². The van der Waals surface area contributed by atoms with Gasteiger partial charge in [-0.05, 0) is 36.8 Å². The van der Waals surface area contributed by atoms with E-state index in [0.717, 1.165) is 29.9 Å². The van der Waals surface area contributed by atoms with Gasteiger partial charge < -0.3 is 4.57 Å². The summed E-state index contributed by atoms with van der Waals surface area (Å²) in [6.07, 6.45) is 5.43. The zero-order chi connectivity index (χ0) is 13.4. The number of hydrogen-bond acceptors (Lipinski definition) is 1. The minimum Gasteiger partial charge on any atom is -0.328 e. The molecular weight excluding hydrogens is 239 g/mol. The standard InChI is InChI=1S/C16H19FN2/c1-11(2)14-7-6-12(9-15(14)17)16-18-10-13-5-3-4-8-19(13)16/h6-7,9-11H,3-5,8H2,1-2H3. The molecule has 1 aliphatic heterocycles. The Balaban J connectivity index is 2.03.